The van der Waals surface area contributed by atoms with Crippen LogP contribution in [-0.4, -0.2) is 37.3 Å². The number of ether oxygens (including phenoxy) is 1. The Morgan fingerprint density at radius 2 is 2.32 bits per heavy atom. The van der Waals surface area contributed by atoms with Crippen LogP contribution in [0.2, 0.25) is 0 Å². The fourth-order valence-corrected chi connectivity index (χ4v) is 2.51. The molecule has 1 aliphatic rings. The van der Waals surface area contributed by atoms with Gasteiger partial charge in [0, 0.05) is 26.2 Å². The summed E-state index contributed by atoms with van der Waals surface area (Å²) in [6.45, 7) is 8.11. The van der Waals surface area contributed by atoms with Crippen molar-refractivity contribution in [2.45, 2.75) is 39.2 Å². The monoisotopic (exact) mass is 263 g/mol. The Labute approximate surface area is 116 Å². The molecule has 19 heavy (non-hydrogen) atoms. The van der Waals surface area contributed by atoms with Crippen molar-refractivity contribution in [2.24, 2.45) is 0 Å². The number of nitrogens with zero attached hydrogens (tertiary/aromatic N) is 2. The van der Waals surface area contributed by atoms with Crippen LogP contribution in [-0.2, 0) is 4.74 Å². The molecule has 0 amide bonds. The second-order valence-corrected chi connectivity index (χ2v) is 5.02. The summed E-state index contributed by atoms with van der Waals surface area (Å²) in [7, 11) is 0. The first kappa shape index (κ1) is 14.1. The standard InChI is InChI=1S/C15H25N3O/c1-3-7-17-13-9-14(11-16-10-13)18-8-5-6-15(12-18)19-4-2/h9-11,15,17H,3-8,12H2,1-2H3. The van der Waals surface area contributed by atoms with E-state index in [0.717, 1.165) is 38.3 Å². The molecule has 1 atom stereocenters. The molecule has 0 spiro atoms. The maximum atomic E-state index is 5.75. The SMILES string of the molecule is CCCNc1cncc(N2CCCC(OCC)C2)c1. The van der Waals surface area contributed by atoms with Gasteiger partial charge in [-0.3, -0.25) is 4.98 Å². The highest BCUT2D eigenvalue weighted by Crippen LogP contribution is 2.23. The summed E-state index contributed by atoms with van der Waals surface area (Å²) in [5.41, 5.74) is 2.31. The number of rotatable bonds is 6. The number of hydrogen-bond donors (Lipinski definition) is 1. The lowest BCUT2D eigenvalue weighted by atomic mass is 10.1. The third-order valence-electron chi connectivity index (χ3n) is 3.45. The van der Waals surface area contributed by atoms with Gasteiger partial charge in [0.25, 0.3) is 0 Å². The molecule has 0 bridgehead atoms. The Bertz CT molecular complexity index is 381. The predicted molar refractivity (Wildman–Crippen MR) is 79.9 cm³/mol. The Morgan fingerprint density at radius 3 is 3.11 bits per heavy atom. The van der Waals surface area contributed by atoms with Crippen molar-refractivity contribution in [2.75, 3.05) is 36.5 Å². The maximum absolute atomic E-state index is 5.75. The first-order valence-corrected chi connectivity index (χ1v) is 7.39. The Hall–Kier alpha value is -1.29. The number of piperidine rings is 1. The van der Waals surface area contributed by atoms with Crippen molar-refractivity contribution >= 4 is 11.4 Å². The normalized spacial score (nSPS) is 19.5. The Kier molecular flexibility index (Phi) is 5.45. The lowest BCUT2D eigenvalue weighted by molar-refractivity contribution is 0.0526. The summed E-state index contributed by atoms with van der Waals surface area (Å²) in [6, 6.07) is 2.19. The van der Waals surface area contributed by atoms with Gasteiger partial charge >= 0.3 is 0 Å². The zero-order valence-corrected chi connectivity index (χ0v) is 12.1. The smallest absolute Gasteiger partial charge is 0.0750 e. The molecule has 4 heteroatoms. The van der Waals surface area contributed by atoms with E-state index in [1.165, 1.54) is 18.5 Å². The molecular weight excluding hydrogens is 238 g/mol. The molecule has 1 aromatic rings. The molecule has 2 rings (SSSR count). The zero-order chi connectivity index (χ0) is 13.5. The van der Waals surface area contributed by atoms with E-state index in [2.05, 4.69) is 35.1 Å². The minimum Gasteiger partial charge on any atom is -0.384 e. The van der Waals surface area contributed by atoms with Crippen molar-refractivity contribution in [3.8, 4) is 0 Å². The van der Waals surface area contributed by atoms with E-state index in [1.54, 1.807) is 0 Å². The number of nitrogens with one attached hydrogen (secondary N) is 1. The van der Waals surface area contributed by atoms with E-state index in [1.807, 2.05) is 12.4 Å². The van der Waals surface area contributed by atoms with Crippen molar-refractivity contribution in [3.05, 3.63) is 18.5 Å². The van der Waals surface area contributed by atoms with E-state index >= 15 is 0 Å². The van der Waals surface area contributed by atoms with Crippen molar-refractivity contribution in [1.29, 1.82) is 0 Å². The van der Waals surface area contributed by atoms with Gasteiger partial charge in [0.05, 0.1) is 29.9 Å². The second kappa shape index (κ2) is 7.34. The molecule has 1 fully saturated rings. The van der Waals surface area contributed by atoms with Crippen molar-refractivity contribution < 1.29 is 4.74 Å². The third-order valence-corrected chi connectivity index (χ3v) is 3.45. The summed E-state index contributed by atoms with van der Waals surface area (Å²) in [4.78, 5) is 6.72. The van der Waals surface area contributed by atoms with E-state index in [9.17, 15) is 0 Å². The largest absolute Gasteiger partial charge is 0.384 e. The topological polar surface area (TPSA) is 37.4 Å². The van der Waals surface area contributed by atoms with Gasteiger partial charge in [0.15, 0.2) is 0 Å². The fraction of sp³-hybridized carbons (Fsp3) is 0.667. The maximum Gasteiger partial charge on any atom is 0.0750 e. The van der Waals surface area contributed by atoms with Gasteiger partial charge in [-0.2, -0.15) is 0 Å². The highest BCUT2D eigenvalue weighted by atomic mass is 16.5. The van der Waals surface area contributed by atoms with Crippen LogP contribution in [0.15, 0.2) is 18.5 Å². The summed E-state index contributed by atoms with van der Waals surface area (Å²) in [5.74, 6) is 0. The fourth-order valence-electron chi connectivity index (χ4n) is 2.51. The summed E-state index contributed by atoms with van der Waals surface area (Å²) in [5, 5.41) is 3.39. The quantitative estimate of drug-likeness (QED) is 0.856. The van der Waals surface area contributed by atoms with Crippen LogP contribution in [0.25, 0.3) is 0 Å². The molecule has 1 aromatic heterocycles. The highest BCUT2D eigenvalue weighted by Gasteiger charge is 2.20. The third kappa shape index (κ3) is 4.10. The number of pyridine rings is 1. The van der Waals surface area contributed by atoms with Gasteiger partial charge in [0.2, 0.25) is 0 Å². The van der Waals surface area contributed by atoms with E-state index in [-0.39, 0.29) is 0 Å². The molecule has 1 unspecified atom stereocenters. The first-order valence-electron chi connectivity index (χ1n) is 7.39. The average molecular weight is 263 g/mol. The predicted octanol–water partition coefficient (Wildman–Crippen LogP) is 2.91. The molecule has 1 saturated heterocycles. The van der Waals surface area contributed by atoms with Crippen LogP contribution < -0.4 is 10.2 Å². The van der Waals surface area contributed by atoms with E-state index < -0.39 is 0 Å². The minimum absolute atomic E-state index is 0.367. The van der Waals surface area contributed by atoms with Gasteiger partial charge < -0.3 is 15.0 Å². The molecule has 106 valence electrons. The molecule has 4 nitrogen and oxygen atoms in total. The first-order chi connectivity index (χ1) is 9.33. The lowest BCUT2D eigenvalue weighted by Gasteiger charge is -2.34. The second-order valence-electron chi connectivity index (χ2n) is 5.02. The van der Waals surface area contributed by atoms with Crippen molar-refractivity contribution in [1.82, 2.24) is 4.98 Å². The highest BCUT2D eigenvalue weighted by molar-refractivity contribution is 5.55. The number of aromatic nitrogens is 1. The minimum atomic E-state index is 0.367. The Morgan fingerprint density at radius 1 is 1.42 bits per heavy atom. The molecule has 0 aliphatic carbocycles. The number of hydrogen-bond acceptors (Lipinski definition) is 4. The summed E-state index contributed by atoms with van der Waals surface area (Å²) in [6.07, 6.45) is 7.70. The zero-order valence-electron chi connectivity index (χ0n) is 12.1. The van der Waals surface area contributed by atoms with E-state index in [0.29, 0.717) is 6.10 Å². The molecule has 0 radical (unpaired) electrons. The van der Waals surface area contributed by atoms with Crippen LogP contribution in [0.5, 0.6) is 0 Å². The molecule has 0 aromatic carbocycles. The molecule has 1 N–H and O–H groups in total. The summed E-state index contributed by atoms with van der Waals surface area (Å²) < 4.78 is 5.75. The van der Waals surface area contributed by atoms with Gasteiger partial charge in [-0.15, -0.1) is 0 Å². The van der Waals surface area contributed by atoms with Crippen LogP contribution in [0.3, 0.4) is 0 Å². The van der Waals surface area contributed by atoms with Gasteiger partial charge in [-0.25, -0.2) is 0 Å². The Balaban J connectivity index is 1.99. The molecule has 1 aliphatic heterocycles. The van der Waals surface area contributed by atoms with Crippen LogP contribution in [0, 0.1) is 0 Å². The van der Waals surface area contributed by atoms with Gasteiger partial charge in [-0.1, -0.05) is 6.92 Å². The van der Waals surface area contributed by atoms with Crippen LogP contribution in [0.1, 0.15) is 33.1 Å². The van der Waals surface area contributed by atoms with E-state index in [4.69, 9.17) is 4.74 Å². The molecule has 0 saturated carbocycles. The average Bonchev–Trinajstić information content (AvgIpc) is 2.46. The lowest BCUT2D eigenvalue weighted by Crippen LogP contribution is -2.39. The van der Waals surface area contributed by atoms with Gasteiger partial charge in [0.1, 0.15) is 0 Å². The van der Waals surface area contributed by atoms with Crippen LogP contribution >= 0.6 is 0 Å². The number of anilines is 2. The van der Waals surface area contributed by atoms with Crippen molar-refractivity contribution in [3.63, 3.8) is 0 Å². The molecule has 2 heterocycles. The molecular formula is C15H25N3O. The van der Waals surface area contributed by atoms with Gasteiger partial charge in [-0.05, 0) is 32.3 Å². The van der Waals surface area contributed by atoms with Crippen LogP contribution in [0.4, 0.5) is 11.4 Å². The summed E-state index contributed by atoms with van der Waals surface area (Å²) >= 11 is 0.